The molecule has 0 amide bonds. The van der Waals surface area contributed by atoms with Crippen LogP contribution in [0, 0.1) is 11.8 Å². The van der Waals surface area contributed by atoms with Crippen LogP contribution in [0.2, 0.25) is 5.02 Å². The van der Waals surface area contributed by atoms with Crippen LogP contribution in [0.25, 0.3) is 0 Å². The molecule has 0 spiro atoms. The van der Waals surface area contributed by atoms with Gasteiger partial charge in [-0.25, -0.2) is 0 Å². The van der Waals surface area contributed by atoms with Crippen molar-refractivity contribution in [1.82, 2.24) is 5.32 Å². The molecular weight excluding hydrogens is 289 g/mol. The number of rotatable bonds is 3. The lowest BCUT2D eigenvalue weighted by Crippen LogP contribution is -2.18. The predicted molar refractivity (Wildman–Crippen MR) is 70.7 cm³/mol. The van der Waals surface area contributed by atoms with Gasteiger partial charge in [-0.1, -0.05) is 33.5 Å². The normalized spacial score (nSPS) is 11.8. The van der Waals surface area contributed by atoms with E-state index in [4.69, 9.17) is 11.6 Å². The lowest BCUT2D eigenvalue weighted by Gasteiger charge is -2.15. The van der Waals surface area contributed by atoms with E-state index in [0.717, 1.165) is 10.0 Å². The SMILES string of the molecule is CC#CCNC(C)c1cc(Br)cc(Cl)c1O. The molecule has 0 saturated heterocycles. The molecule has 0 radical (unpaired) electrons. The van der Waals surface area contributed by atoms with Gasteiger partial charge < -0.3 is 5.11 Å². The van der Waals surface area contributed by atoms with Crippen molar-refractivity contribution >= 4 is 27.5 Å². The summed E-state index contributed by atoms with van der Waals surface area (Å²) in [7, 11) is 0. The maximum atomic E-state index is 9.82. The van der Waals surface area contributed by atoms with Crippen molar-refractivity contribution in [2.24, 2.45) is 0 Å². The Balaban J connectivity index is 2.88. The number of benzene rings is 1. The molecule has 0 bridgehead atoms. The van der Waals surface area contributed by atoms with E-state index >= 15 is 0 Å². The van der Waals surface area contributed by atoms with Gasteiger partial charge in [-0.05, 0) is 26.0 Å². The van der Waals surface area contributed by atoms with Crippen molar-refractivity contribution in [2.75, 3.05) is 6.54 Å². The standard InChI is InChI=1S/C12H13BrClNO/c1-3-4-5-15-8(2)10-6-9(13)7-11(14)12(10)16/h6-8,15-16H,5H2,1-2H3. The van der Waals surface area contributed by atoms with Gasteiger partial charge >= 0.3 is 0 Å². The summed E-state index contributed by atoms with van der Waals surface area (Å²) < 4.78 is 0.848. The van der Waals surface area contributed by atoms with Gasteiger partial charge in [0.05, 0.1) is 11.6 Å². The molecular formula is C12H13BrClNO. The van der Waals surface area contributed by atoms with Crippen molar-refractivity contribution in [3.05, 3.63) is 27.2 Å². The van der Waals surface area contributed by atoms with Gasteiger partial charge in [0.2, 0.25) is 0 Å². The number of aromatic hydroxyl groups is 1. The van der Waals surface area contributed by atoms with Gasteiger partial charge in [-0.15, -0.1) is 5.92 Å². The summed E-state index contributed by atoms with van der Waals surface area (Å²) in [5.41, 5.74) is 0.761. The smallest absolute Gasteiger partial charge is 0.139 e. The number of phenolic OH excluding ortho intramolecular Hbond substituents is 1. The first kappa shape index (κ1) is 13.4. The zero-order valence-electron chi connectivity index (χ0n) is 9.14. The molecule has 1 atom stereocenters. The van der Waals surface area contributed by atoms with Crippen molar-refractivity contribution in [1.29, 1.82) is 0 Å². The average Bonchev–Trinajstić information content (AvgIpc) is 2.23. The van der Waals surface area contributed by atoms with Crippen molar-refractivity contribution in [2.45, 2.75) is 19.9 Å². The highest BCUT2D eigenvalue weighted by atomic mass is 79.9. The highest BCUT2D eigenvalue weighted by Crippen LogP contribution is 2.34. The van der Waals surface area contributed by atoms with E-state index in [1.54, 1.807) is 13.0 Å². The van der Waals surface area contributed by atoms with E-state index in [9.17, 15) is 5.11 Å². The third-order valence-corrected chi connectivity index (χ3v) is 2.94. The molecule has 1 aromatic rings. The van der Waals surface area contributed by atoms with Crippen LogP contribution in [-0.2, 0) is 0 Å². The van der Waals surface area contributed by atoms with Crippen LogP contribution in [0.15, 0.2) is 16.6 Å². The van der Waals surface area contributed by atoms with E-state index in [1.165, 1.54) is 0 Å². The molecule has 0 aliphatic carbocycles. The molecule has 2 N–H and O–H groups in total. The first-order valence-electron chi connectivity index (χ1n) is 4.87. The zero-order valence-corrected chi connectivity index (χ0v) is 11.5. The van der Waals surface area contributed by atoms with Gasteiger partial charge in [0.1, 0.15) is 5.75 Å². The fourth-order valence-corrected chi connectivity index (χ4v) is 2.15. The van der Waals surface area contributed by atoms with Crippen molar-refractivity contribution < 1.29 is 5.11 Å². The Morgan fingerprint density at radius 3 is 2.88 bits per heavy atom. The summed E-state index contributed by atoms with van der Waals surface area (Å²) in [6.45, 7) is 4.33. The molecule has 86 valence electrons. The van der Waals surface area contributed by atoms with E-state index in [2.05, 4.69) is 33.1 Å². The molecule has 1 unspecified atom stereocenters. The number of halogens is 2. The number of hydrogen-bond acceptors (Lipinski definition) is 2. The zero-order chi connectivity index (χ0) is 12.1. The van der Waals surface area contributed by atoms with E-state index in [1.807, 2.05) is 13.0 Å². The molecule has 0 fully saturated rings. The molecule has 16 heavy (non-hydrogen) atoms. The highest BCUT2D eigenvalue weighted by Gasteiger charge is 2.13. The van der Waals surface area contributed by atoms with Crippen LogP contribution < -0.4 is 5.32 Å². The summed E-state index contributed by atoms with van der Waals surface area (Å²) in [5.74, 6) is 5.83. The lowest BCUT2D eigenvalue weighted by atomic mass is 10.1. The van der Waals surface area contributed by atoms with Crippen LogP contribution >= 0.6 is 27.5 Å². The summed E-state index contributed by atoms with van der Waals surface area (Å²) in [5, 5.41) is 13.3. The van der Waals surface area contributed by atoms with Gasteiger partial charge in [0.15, 0.2) is 0 Å². The average molecular weight is 303 g/mol. The lowest BCUT2D eigenvalue weighted by molar-refractivity contribution is 0.456. The summed E-state index contributed by atoms with van der Waals surface area (Å²) in [6, 6.07) is 3.51. The van der Waals surface area contributed by atoms with Gasteiger partial charge in [0, 0.05) is 16.1 Å². The third kappa shape index (κ3) is 3.41. The Bertz CT molecular complexity index is 437. The Morgan fingerprint density at radius 1 is 1.56 bits per heavy atom. The minimum atomic E-state index is -0.00384. The third-order valence-electron chi connectivity index (χ3n) is 2.20. The van der Waals surface area contributed by atoms with E-state index < -0.39 is 0 Å². The molecule has 2 nitrogen and oxygen atoms in total. The monoisotopic (exact) mass is 301 g/mol. The minimum absolute atomic E-state index is 0.00384. The molecule has 1 rings (SSSR count). The largest absolute Gasteiger partial charge is 0.506 e. The number of hydrogen-bond donors (Lipinski definition) is 2. The minimum Gasteiger partial charge on any atom is -0.506 e. The molecule has 0 saturated carbocycles. The maximum absolute atomic E-state index is 9.82. The van der Waals surface area contributed by atoms with Crippen LogP contribution in [-0.4, -0.2) is 11.7 Å². The molecule has 1 aromatic carbocycles. The second-order valence-corrected chi connectivity index (χ2v) is 4.68. The van der Waals surface area contributed by atoms with Gasteiger partial charge in [0.25, 0.3) is 0 Å². The maximum Gasteiger partial charge on any atom is 0.139 e. The Morgan fingerprint density at radius 2 is 2.25 bits per heavy atom. The molecule has 0 aliphatic heterocycles. The highest BCUT2D eigenvalue weighted by molar-refractivity contribution is 9.10. The second-order valence-electron chi connectivity index (χ2n) is 3.35. The fraction of sp³-hybridized carbons (Fsp3) is 0.333. The Hall–Kier alpha value is -0.690. The topological polar surface area (TPSA) is 32.3 Å². The van der Waals surface area contributed by atoms with Gasteiger partial charge in [-0.2, -0.15) is 0 Å². The predicted octanol–water partition coefficient (Wildman–Crippen LogP) is 3.48. The molecule has 0 aromatic heterocycles. The second kappa shape index (κ2) is 6.15. The Kier molecular flexibility index (Phi) is 5.14. The Labute approximate surface area is 109 Å². The number of phenols is 1. The van der Waals surface area contributed by atoms with Gasteiger partial charge in [-0.3, -0.25) is 5.32 Å². The summed E-state index contributed by atoms with van der Waals surface area (Å²) in [6.07, 6.45) is 0. The van der Waals surface area contributed by atoms with E-state index in [0.29, 0.717) is 11.6 Å². The van der Waals surface area contributed by atoms with Crippen LogP contribution in [0.4, 0.5) is 0 Å². The first-order valence-corrected chi connectivity index (χ1v) is 6.04. The first-order chi connectivity index (χ1) is 7.56. The molecule has 0 aliphatic rings. The molecule has 4 heteroatoms. The van der Waals surface area contributed by atoms with Crippen molar-refractivity contribution in [3.63, 3.8) is 0 Å². The van der Waals surface area contributed by atoms with Crippen molar-refractivity contribution in [3.8, 4) is 17.6 Å². The number of nitrogens with one attached hydrogen (secondary N) is 1. The summed E-state index contributed by atoms with van der Waals surface area (Å²) >= 11 is 9.23. The quantitative estimate of drug-likeness (QED) is 0.838. The van der Waals surface area contributed by atoms with Crippen LogP contribution in [0.5, 0.6) is 5.75 Å². The van der Waals surface area contributed by atoms with Crippen LogP contribution in [0.3, 0.4) is 0 Å². The fourth-order valence-electron chi connectivity index (χ4n) is 1.32. The van der Waals surface area contributed by atoms with E-state index in [-0.39, 0.29) is 11.8 Å². The van der Waals surface area contributed by atoms with Crippen LogP contribution in [0.1, 0.15) is 25.5 Å². The summed E-state index contributed by atoms with van der Waals surface area (Å²) in [4.78, 5) is 0. The molecule has 0 heterocycles.